The van der Waals surface area contributed by atoms with Crippen LogP contribution in [0.4, 0.5) is 16.2 Å². The van der Waals surface area contributed by atoms with E-state index in [4.69, 9.17) is 16.9 Å². The number of hydrogen-bond donors (Lipinski definition) is 2. The van der Waals surface area contributed by atoms with Gasteiger partial charge in [-0.1, -0.05) is 17.7 Å². The Balaban J connectivity index is 1.99. The molecule has 94 valence electrons. The number of benzene rings is 2. The highest BCUT2D eigenvalue weighted by Crippen LogP contribution is 2.15. The molecule has 0 saturated carbocycles. The Labute approximate surface area is 115 Å². The maximum atomic E-state index is 11.7. The fraction of sp³-hybridized carbons (Fsp3) is 0. The Bertz CT molecular complexity index is 632. The summed E-state index contributed by atoms with van der Waals surface area (Å²) in [6.07, 6.45) is 0. The maximum absolute atomic E-state index is 11.7. The summed E-state index contributed by atoms with van der Waals surface area (Å²) in [4.78, 5) is 11.7. The Morgan fingerprint density at radius 3 is 2.37 bits per heavy atom. The van der Waals surface area contributed by atoms with E-state index in [0.717, 1.165) is 0 Å². The average Bonchev–Trinajstić information content (AvgIpc) is 2.39. The van der Waals surface area contributed by atoms with Gasteiger partial charge in [-0.3, -0.25) is 0 Å². The molecule has 0 saturated heterocycles. The van der Waals surface area contributed by atoms with Crippen LogP contribution in [0.1, 0.15) is 5.56 Å². The molecule has 0 fully saturated rings. The van der Waals surface area contributed by atoms with Gasteiger partial charge in [-0.05, 0) is 42.5 Å². The number of carbonyl (C=O) groups excluding carboxylic acids is 1. The molecule has 5 heteroatoms. The minimum absolute atomic E-state index is 0.369. The number of nitriles is 1. The summed E-state index contributed by atoms with van der Waals surface area (Å²) < 4.78 is 0. The molecule has 2 aromatic carbocycles. The van der Waals surface area contributed by atoms with E-state index in [2.05, 4.69) is 10.6 Å². The van der Waals surface area contributed by atoms with E-state index in [9.17, 15) is 4.79 Å². The van der Waals surface area contributed by atoms with Crippen molar-refractivity contribution in [3.63, 3.8) is 0 Å². The topological polar surface area (TPSA) is 64.9 Å². The highest BCUT2D eigenvalue weighted by atomic mass is 35.5. The lowest BCUT2D eigenvalue weighted by Gasteiger charge is -2.07. The van der Waals surface area contributed by atoms with Gasteiger partial charge in [-0.15, -0.1) is 0 Å². The van der Waals surface area contributed by atoms with Crippen molar-refractivity contribution < 1.29 is 4.79 Å². The van der Waals surface area contributed by atoms with Crippen molar-refractivity contribution in [2.75, 3.05) is 10.6 Å². The molecule has 0 radical (unpaired) electrons. The zero-order chi connectivity index (χ0) is 13.7. The Morgan fingerprint density at radius 1 is 1.05 bits per heavy atom. The van der Waals surface area contributed by atoms with Crippen molar-refractivity contribution in [2.24, 2.45) is 0 Å². The van der Waals surface area contributed by atoms with Crippen LogP contribution in [0.3, 0.4) is 0 Å². The molecule has 0 aliphatic heterocycles. The number of amides is 2. The highest BCUT2D eigenvalue weighted by Gasteiger charge is 2.03. The van der Waals surface area contributed by atoms with Crippen LogP contribution in [0.5, 0.6) is 0 Å². The molecule has 2 aromatic rings. The molecule has 0 spiro atoms. The summed E-state index contributed by atoms with van der Waals surface area (Å²) in [5.41, 5.74) is 1.76. The lowest BCUT2D eigenvalue weighted by atomic mass is 10.2. The van der Waals surface area contributed by atoms with Crippen LogP contribution < -0.4 is 10.6 Å². The first kappa shape index (κ1) is 12.9. The third-order valence-electron chi connectivity index (χ3n) is 2.35. The number of nitrogens with zero attached hydrogens (tertiary/aromatic N) is 1. The van der Waals surface area contributed by atoms with E-state index in [1.807, 2.05) is 6.07 Å². The summed E-state index contributed by atoms with van der Waals surface area (Å²) in [6, 6.07) is 15.1. The van der Waals surface area contributed by atoms with Crippen LogP contribution in [0.2, 0.25) is 5.02 Å². The third-order valence-corrected chi connectivity index (χ3v) is 2.59. The van der Waals surface area contributed by atoms with Crippen LogP contribution in [0.25, 0.3) is 0 Å². The zero-order valence-electron chi connectivity index (χ0n) is 9.85. The van der Waals surface area contributed by atoms with Gasteiger partial charge in [-0.25, -0.2) is 4.79 Å². The van der Waals surface area contributed by atoms with E-state index in [1.165, 1.54) is 0 Å². The van der Waals surface area contributed by atoms with Crippen molar-refractivity contribution >= 4 is 29.0 Å². The standard InChI is InChI=1S/C14H10ClN3O/c15-11-2-1-3-13(8-11)18-14(19)17-12-6-4-10(9-16)5-7-12/h1-8H,(H2,17,18,19). The van der Waals surface area contributed by atoms with Crippen LogP contribution in [-0.2, 0) is 0 Å². The number of urea groups is 1. The summed E-state index contributed by atoms with van der Waals surface area (Å²) >= 11 is 5.82. The first-order chi connectivity index (χ1) is 9.17. The molecule has 19 heavy (non-hydrogen) atoms. The first-order valence-electron chi connectivity index (χ1n) is 5.51. The van der Waals surface area contributed by atoms with Gasteiger partial charge in [-0.2, -0.15) is 5.26 Å². The molecule has 0 bridgehead atoms. The molecule has 4 nitrogen and oxygen atoms in total. The van der Waals surface area contributed by atoms with Crippen LogP contribution >= 0.6 is 11.6 Å². The number of rotatable bonds is 2. The monoisotopic (exact) mass is 271 g/mol. The van der Waals surface area contributed by atoms with Crippen molar-refractivity contribution in [1.82, 2.24) is 0 Å². The van der Waals surface area contributed by atoms with Crippen molar-refractivity contribution in [2.45, 2.75) is 0 Å². The largest absolute Gasteiger partial charge is 0.323 e. The molecule has 0 heterocycles. The Hall–Kier alpha value is -2.51. The molecule has 0 aliphatic rings. The number of halogens is 1. The maximum Gasteiger partial charge on any atom is 0.323 e. The summed E-state index contributed by atoms with van der Waals surface area (Å²) in [5, 5.41) is 14.5. The van der Waals surface area contributed by atoms with Crippen LogP contribution in [0.15, 0.2) is 48.5 Å². The Kier molecular flexibility index (Phi) is 4.01. The average molecular weight is 272 g/mol. The second-order valence-corrected chi connectivity index (χ2v) is 4.22. The minimum atomic E-state index is -0.369. The molecule has 0 aliphatic carbocycles. The van der Waals surface area contributed by atoms with E-state index in [-0.39, 0.29) is 6.03 Å². The Morgan fingerprint density at radius 2 is 1.74 bits per heavy atom. The molecule has 0 unspecified atom stereocenters. The van der Waals surface area contributed by atoms with Gasteiger partial charge in [0.25, 0.3) is 0 Å². The first-order valence-corrected chi connectivity index (χ1v) is 5.89. The zero-order valence-corrected chi connectivity index (χ0v) is 10.6. The number of hydrogen-bond acceptors (Lipinski definition) is 2. The van der Waals surface area contributed by atoms with Gasteiger partial charge in [0.05, 0.1) is 11.6 Å². The smallest absolute Gasteiger partial charge is 0.308 e. The van der Waals surface area contributed by atoms with Crippen molar-refractivity contribution in [3.8, 4) is 6.07 Å². The number of nitrogens with one attached hydrogen (secondary N) is 2. The summed E-state index contributed by atoms with van der Waals surface area (Å²) in [5.74, 6) is 0. The second-order valence-electron chi connectivity index (χ2n) is 3.78. The van der Waals surface area contributed by atoms with E-state index < -0.39 is 0 Å². The van der Waals surface area contributed by atoms with Crippen molar-refractivity contribution in [1.29, 1.82) is 5.26 Å². The number of carbonyl (C=O) groups is 1. The third kappa shape index (κ3) is 3.73. The van der Waals surface area contributed by atoms with Gasteiger partial charge in [0.1, 0.15) is 0 Å². The van der Waals surface area contributed by atoms with E-state index >= 15 is 0 Å². The van der Waals surface area contributed by atoms with Crippen LogP contribution in [0, 0.1) is 11.3 Å². The quantitative estimate of drug-likeness (QED) is 0.871. The summed E-state index contributed by atoms with van der Waals surface area (Å²) in [7, 11) is 0. The number of anilines is 2. The SMILES string of the molecule is N#Cc1ccc(NC(=O)Nc2cccc(Cl)c2)cc1. The van der Waals surface area contributed by atoms with E-state index in [0.29, 0.717) is 22.0 Å². The van der Waals surface area contributed by atoms with E-state index in [1.54, 1.807) is 48.5 Å². The lowest BCUT2D eigenvalue weighted by Crippen LogP contribution is -2.19. The molecule has 0 atom stereocenters. The summed E-state index contributed by atoms with van der Waals surface area (Å²) in [6.45, 7) is 0. The normalized spacial score (nSPS) is 9.47. The second kappa shape index (κ2) is 5.89. The van der Waals surface area contributed by atoms with Gasteiger partial charge < -0.3 is 10.6 Å². The molecular weight excluding hydrogens is 262 g/mol. The van der Waals surface area contributed by atoms with Crippen molar-refractivity contribution in [3.05, 3.63) is 59.1 Å². The minimum Gasteiger partial charge on any atom is -0.308 e. The lowest BCUT2D eigenvalue weighted by molar-refractivity contribution is 0.262. The van der Waals surface area contributed by atoms with Gasteiger partial charge >= 0.3 is 6.03 Å². The van der Waals surface area contributed by atoms with Gasteiger partial charge in [0.15, 0.2) is 0 Å². The molecule has 0 aromatic heterocycles. The molecular formula is C14H10ClN3O. The predicted molar refractivity (Wildman–Crippen MR) is 75.3 cm³/mol. The fourth-order valence-corrected chi connectivity index (χ4v) is 1.68. The van der Waals surface area contributed by atoms with Gasteiger partial charge in [0, 0.05) is 16.4 Å². The molecule has 2 N–H and O–H groups in total. The molecule has 2 amide bonds. The highest BCUT2D eigenvalue weighted by molar-refractivity contribution is 6.30. The van der Waals surface area contributed by atoms with Crippen LogP contribution in [-0.4, -0.2) is 6.03 Å². The molecule has 2 rings (SSSR count). The van der Waals surface area contributed by atoms with Gasteiger partial charge in [0.2, 0.25) is 0 Å². The predicted octanol–water partition coefficient (Wildman–Crippen LogP) is 3.86. The fourth-order valence-electron chi connectivity index (χ4n) is 1.49.